The summed E-state index contributed by atoms with van der Waals surface area (Å²) >= 11 is 0. The average Bonchev–Trinajstić information content (AvgIpc) is 3.18. The van der Waals surface area contributed by atoms with Gasteiger partial charge in [0.05, 0.1) is 25.5 Å². The second-order valence-corrected chi connectivity index (χ2v) is 9.89. The highest BCUT2D eigenvalue weighted by Gasteiger charge is 2.23. The Morgan fingerprint density at radius 2 is 1.76 bits per heavy atom. The maximum Gasteiger partial charge on any atom is 0.407 e. The first-order chi connectivity index (χ1) is 15.7. The molecule has 2 N–H and O–H groups in total. The van der Waals surface area contributed by atoms with E-state index in [-0.39, 0.29) is 11.9 Å². The molecule has 1 aliphatic rings. The second kappa shape index (κ2) is 13.3. The summed E-state index contributed by atoms with van der Waals surface area (Å²) in [6.07, 6.45) is 15.2. The summed E-state index contributed by atoms with van der Waals surface area (Å²) in [5.41, 5.74) is -0.247. The highest BCUT2D eigenvalue weighted by molar-refractivity contribution is 5.96. The smallest absolute Gasteiger partial charge is 0.407 e. The zero-order valence-electron chi connectivity index (χ0n) is 21.0. The molecule has 33 heavy (non-hydrogen) atoms. The van der Waals surface area contributed by atoms with Gasteiger partial charge in [-0.2, -0.15) is 5.10 Å². The van der Waals surface area contributed by atoms with Crippen molar-refractivity contribution in [2.75, 3.05) is 13.7 Å². The number of carbonyl (C=O) groups excluding carboxylic acids is 2. The van der Waals surface area contributed by atoms with Gasteiger partial charge in [-0.15, -0.1) is 0 Å². The van der Waals surface area contributed by atoms with Crippen LogP contribution in [0, 0.1) is 5.92 Å². The molecule has 1 saturated carbocycles. The van der Waals surface area contributed by atoms with Crippen molar-refractivity contribution in [3.63, 3.8) is 0 Å². The Morgan fingerprint density at radius 3 is 2.33 bits per heavy atom. The van der Waals surface area contributed by atoms with E-state index in [2.05, 4.69) is 34.3 Å². The molecule has 1 aromatic rings. The molecule has 1 aromatic heterocycles. The number of amides is 2. The van der Waals surface area contributed by atoms with E-state index in [1.54, 1.807) is 23.2 Å². The molecule has 0 unspecified atom stereocenters. The van der Waals surface area contributed by atoms with Gasteiger partial charge in [-0.1, -0.05) is 58.8 Å². The first-order valence-electron chi connectivity index (χ1n) is 12.3. The number of nitrogens with zero attached hydrogens (tertiary/aromatic N) is 2. The van der Waals surface area contributed by atoms with Gasteiger partial charge < -0.3 is 20.1 Å². The van der Waals surface area contributed by atoms with Gasteiger partial charge in [-0.25, -0.2) is 9.48 Å². The first-order valence-corrected chi connectivity index (χ1v) is 12.3. The van der Waals surface area contributed by atoms with Gasteiger partial charge in [-0.3, -0.25) is 4.79 Å². The van der Waals surface area contributed by atoms with E-state index in [1.807, 2.05) is 13.8 Å². The molecule has 0 radical (unpaired) electrons. The van der Waals surface area contributed by atoms with Gasteiger partial charge in [-0.05, 0) is 38.7 Å². The van der Waals surface area contributed by atoms with Gasteiger partial charge in [0.25, 0.3) is 5.91 Å². The fourth-order valence-corrected chi connectivity index (χ4v) is 3.83. The molecule has 1 fully saturated rings. The molecule has 186 valence electrons. The third-order valence-corrected chi connectivity index (χ3v) is 5.73. The van der Waals surface area contributed by atoms with Crippen LogP contribution in [0.3, 0.4) is 0 Å². The predicted molar refractivity (Wildman–Crippen MR) is 130 cm³/mol. The third-order valence-electron chi connectivity index (χ3n) is 5.73. The Bertz CT molecular complexity index is 775. The summed E-state index contributed by atoms with van der Waals surface area (Å²) in [5, 5.41) is 10.3. The lowest BCUT2D eigenvalue weighted by molar-refractivity contribution is 0.0925. The maximum atomic E-state index is 13.2. The quantitative estimate of drug-likeness (QED) is 0.557. The number of nitrogens with one attached hydrogen (secondary N) is 2. The normalized spacial score (nSPS) is 16.5. The predicted octanol–water partition coefficient (Wildman–Crippen LogP) is 5.15. The van der Waals surface area contributed by atoms with Crippen LogP contribution in [0.5, 0.6) is 5.88 Å². The van der Waals surface area contributed by atoms with Gasteiger partial charge >= 0.3 is 6.09 Å². The molecule has 0 saturated heterocycles. The summed E-state index contributed by atoms with van der Waals surface area (Å²) in [5.74, 6) is 0.553. The summed E-state index contributed by atoms with van der Waals surface area (Å²) in [7, 11) is 1.32. The SMILES string of the molecule is COC(=O)NC(C)(C)C=Cn1ncc(C(=O)NC2CCCCCCCCC2)c1OCC(C)C. The fraction of sp³-hybridized carbons (Fsp3) is 0.720. The van der Waals surface area contributed by atoms with E-state index in [1.165, 1.54) is 39.2 Å². The van der Waals surface area contributed by atoms with E-state index < -0.39 is 11.6 Å². The van der Waals surface area contributed by atoms with Crippen molar-refractivity contribution in [3.05, 3.63) is 17.8 Å². The molecular weight excluding hydrogens is 420 g/mol. The Labute approximate surface area is 198 Å². The Kier molecular flexibility index (Phi) is 10.7. The van der Waals surface area contributed by atoms with Crippen molar-refractivity contribution < 1.29 is 19.1 Å². The number of rotatable bonds is 8. The molecule has 2 rings (SSSR count). The van der Waals surface area contributed by atoms with Crippen molar-refractivity contribution in [1.29, 1.82) is 0 Å². The van der Waals surface area contributed by atoms with Crippen molar-refractivity contribution in [2.24, 2.45) is 5.92 Å². The summed E-state index contributed by atoms with van der Waals surface area (Å²) < 4.78 is 12.2. The number of alkyl carbamates (subject to hydrolysis) is 1. The molecular formula is C25H42N4O4. The number of ether oxygens (including phenoxy) is 2. The lowest BCUT2D eigenvalue weighted by Gasteiger charge is -2.21. The van der Waals surface area contributed by atoms with Crippen LogP contribution in [-0.2, 0) is 4.74 Å². The zero-order chi connectivity index (χ0) is 24.3. The summed E-state index contributed by atoms with van der Waals surface area (Å²) in [6, 6.07) is 0.177. The van der Waals surface area contributed by atoms with E-state index in [9.17, 15) is 9.59 Å². The first kappa shape index (κ1) is 26.7. The van der Waals surface area contributed by atoms with E-state index in [0.29, 0.717) is 24.0 Å². The molecule has 1 heterocycles. The third kappa shape index (κ3) is 9.48. The summed E-state index contributed by atoms with van der Waals surface area (Å²) in [6.45, 7) is 8.25. The fourth-order valence-electron chi connectivity index (χ4n) is 3.83. The van der Waals surface area contributed by atoms with Crippen LogP contribution < -0.4 is 15.4 Å². The number of methoxy groups -OCH3 is 1. The van der Waals surface area contributed by atoms with E-state index in [4.69, 9.17) is 4.74 Å². The van der Waals surface area contributed by atoms with Crippen molar-refractivity contribution in [2.45, 2.75) is 97.1 Å². The topological polar surface area (TPSA) is 94.5 Å². The number of hydrogen-bond donors (Lipinski definition) is 2. The average molecular weight is 463 g/mol. The molecule has 8 heteroatoms. The van der Waals surface area contributed by atoms with Crippen LogP contribution in [0.1, 0.15) is 95.8 Å². The van der Waals surface area contributed by atoms with E-state index in [0.717, 1.165) is 25.7 Å². The van der Waals surface area contributed by atoms with Gasteiger partial charge in [0, 0.05) is 12.2 Å². The molecule has 1 aliphatic carbocycles. The molecule has 0 aliphatic heterocycles. The zero-order valence-corrected chi connectivity index (χ0v) is 21.0. The summed E-state index contributed by atoms with van der Waals surface area (Å²) in [4.78, 5) is 24.8. The highest BCUT2D eigenvalue weighted by Crippen LogP contribution is 2.22. The van der Waals surface area contributed by atoms with Crippen LogP contribution in [0.2, 0.25) is 0 Å². The van der Waals surface area contributed by atoms with Crippen molar-refractivity contribution >= 4 is 18.2 Å². The second-order valence-electron chi connectivity index (χ2n) is 9.89. The lowest BCUT2D eigenvalue weighted by Crippen LogP contribution is -2.41. The molecule has 8 nitrogen and oxygen atoms in total. The van der Waals surface area contributed by atoms with Gasteiger partial charge in [0.1, 0.15) is 5.56 Å². The minimum atomic E-state index is -0.674. The molecule has 0 atom stereocenters. The Hall–Kier alpha value is -2.51. The van der Waals surface area contributed by atoms with Crippen molar-refractivity contribution in [1.82, 2.24) is 20.4 Å². The van der Waals surface area contributed by atoms with Gasteiger partial charge in [0.2, 0.25) is 5.88 Å². The van der Waals surface area contributed by atoms with Crippen molar-refractivity contribution in [3.8, 4) is 5.88 Å². The van der Waals surface area contributed by atoms with Crippen LogP contribution >= 0.6 is 0 Å². The van der Waals surface area contributed by atoms with Crippen LogP contribution in [0.15, 0.2) is 12.3 Å². The van der Waals surface area contributed by atoms with E-state index >= 15 is 0 Å². The molecule has 0 bridgehead atoms. The van der Waals surface area contributed by atoms with Crippen LogP contribution in [0.4, 0.5) is 4.79 Å². The number of aromatic nitrogens is 2. The molecule has 2 amide bonds. The van der Waals surface area contributed by atoms with Crippen LogP contribution in [-0.4, -0.2) is 47.1 Å². The largest absolute Gasteiger partial charge is 0.477 e. The Balaban J connectivity index is 2.17. The monoisotopic (exact) mass is 462 g/mol. The minimum Gasteiger partial charge on any atom is -0.477 e. The van der Waals surface area contributed by atoms with Crippen LogP contribution in [0.25, 0.3) is 6.20 Å². The Morgan fingerprint density at radius 1 is 1.15 bits per heavy atom. The standard InChI is InChI=1S/C25H42N4O4/c1-19(2)18-33-23-21(17-26-29(23)16-15-25(3,4)28-24(31)32-5)22(30)27-20-13-11-9-7-6-8-10-12-14-20/h15-17,19-20H,6-14,18H2,1-5H3,(H,27,30)(H,28,31). The molecule has 0 aromatic carbocycles. The molecule has 0 spiro atoms. The number of carbonyl (C=O) groups is 2. The lowest BCUT2D eigenvalue weighted by atomic mass is 9.97. The maximum absolute atomic E-state index is 13.2. The van der Waals surface area contributed by atoms with Gasteiger partial charge in [0.15, 0.2) is 0 Å². The highest BCUT2D eigenvalue weighted by atomic mass is 16.5. The number of hydrogen-bond acceptors (Lipinski definition) is 5. The minimum absolute atomic E-state index is 0.151.